The Morgan fingerprint density at radius 2 is 1.95 bits per heavy atom. The first kappa shape index (κ1) is 14.3. The number of aliphatic hydroxyl groups is 1. The highest BCUT2D eigenvalue weighted by Gasteiger charge is 2.31. The molecule has 8 heteroatoms. The summed E-state index contributed by atoms with van der Waals surface area (Å²) in [7, 11) is 0. The van der Waals surface area contributed by atoms with E-state index in [9.17, 15) is 18.3 Å². The Morgan fingerprint density at radius 1 is 1.30 bits per heavy atom. The van der Waals surface area contributed by atoms with Crippen LogP contribution < -0.4 is 4.74 Å². The van der Waals surface area contributed by atoms with Crippen molar-refractivity contribution >= 4 is 0 Å². The molecule has 0 saturated carbocycles. The normalized spacial score (nSPS) is 13.2. The van der Waals surface area contributed by atoms with Crippen molar-refractivity contribution < 1.29 is 27.5 Å². The molecular weight excluding hydrogens is 277 g/mol. The lowest BCUT2D eigenvalue weighted by atomic mass is 10.2. The van der Waals surface area contributed by atoms with Crippen LogP contribution in [0.25, 0.3) is 11.5 Å². The zero-order chi connectivity index (χ0) is 14.8. The molecule has 1 atom stereocenters. The van der Waals surface area contributed by atoms with E-state index in [0.717, 1.165) is 12.1 Å². The Morgan fingerprint density at radius 3 is 2.50 bits per heavy atom. The van der Waals surface area contributed by atoms with Gasteiger partial charge in [-0.15, -0.1) is 13.2 Å². The molecule has 2 rings (SSSR count). The lowest BCUT2D eigenvalue weighted by Gasteiger charge is -2.08. The highest BCUT2D eigenvalue weighted by Crippen LogP contribution is 2.26. The summed E-state index contributed by atoms with van der Waals surface area (Å²) in [6, 6.07) is 5.00. The van der Waals surface area contributed by atoms with Gasteiger partial charge in [0.2, 0.25) is 5.82 Å². The fourth-order valence-electron chi connectivity index (χ4n) is 1.47. The van der Waals surface area contributed by atoms with Crippen LogP contribution in [0.5, 0.6) is 5.75 Å². The summed E-state index contributed by atoms with van der Waals surface area (Å²) in [5.41, 5.74) is 0.432. The first-order valence-corrected chi connectivity index (χ1v) is 5.77. The van der Waals surface area contributed by atoms with Gasteiger partial charge in [0.15, 0.2) is 0 Å². The van der Waals surface area contributed by atoms with Gasteiger partial charge in [-0.05, 0) is 30.7 Å². The van der Waals surface area contributed by atoms with E-state index in [2.05, 4.69) is 14.9 Å². The monoisotopic (exact) mass is 288 g/mol. The number of aliphatic hydroxyl groups excluding tert-OH is 1. The smallest absolute Gasteiger partial charge is 0.406 e. The molecule has 1 unspecified atom stereocenters. The third-order valence-electron chi connectivity index (χ3n) is 2.46. The van der Waals surface area contributed by atoms with Crippen LogP contribution >= 0.6 is 0 Å². The highest BCUT2D eigenvalue weighted by molar-refractivity contribution is 5.54. The zero-order valence-electron chi connectivity index (χ0n) is 10.4. The maximum Gasteiger partial charge on any atom is 0.573 e. The first-order valence-electron chi connectivity index (χ1n) is 5.77. The van der Waals surface area contributed by atoms with E-state index in [1.165, 1.54) is 12.1 Å². The second kappa shape index (κ2) is 5.49. The molecule has 0 saturated heterocycles. The number of nitrogens with zero attached hydrogens (tertiary/aromatic N) is 2. The summed E-state index contributed by atoms with van der Waals surface area (Å²) < 4.78 is 44.7. The van der Waals surface area contributed by atoms with Gasteiger partial charge in [0, 0.05) is 5.56 Å². The van der Waals surface area contributed by atoms with Crippen LogP contribution in [-0.2, 0) is 0 Å². The number of benzene rings is 1. The molecule has 1 aromatic carbocycles. The van der Waals surface area contributed by atoms with Crippen LogP contribution in [0, 0.1) is 0 Å². The number of hydrogen-bond acceptors (Lipinski definition) is 5. The van der Waals surface area contributed by atoms with Crippen molar-refractivity contribution in [3.63, 3.8) is 0 Å². The molecule has 0 aliphatic rings. The van der Waals surface area contributed by atoms with Crippen LogP contribution in [0.4, 0.5) is 13.2 Å². The van der Waals surface area contributed by atoms with Crippen molar-refractivity contribution in [3.05, 3.63) is 30.1 Å². The molecule has 1 aromatic heterocycles. The zero-order valence-corrected chi connectivity index (χ0v) is 10.4. The summed E-state index contributed by atoms with van der Waals surface area (Å²) in [5, 5.41) is 13.1. The van der Waals surface area contributed by atoms with Gasteiger partial charge in [0.05, 0.1) is 0 Å². The van der Waals surface area contributed by atoms with Crippen molar-refractivity contribution in [2.24, 2.45) is 0 Å². The number of ether oxygens (including phenoxy) is 1. The van der Waals surface area contributed by atoms with E-state index in [0.29, 0.717) is 12.0 Å². The SMILES string of the molecule is CCC(O)c1noc(-c2ccc(OC(F)(F)F)cc2)n1. The first-order chi connectivity index (χ1) is 9.39. The minimum atomic E-state index is -4.73. The van der Waals surface area contributed by atoms with Crippen LogP contribution in [-0.4, -0.2) is 21.6 Å². The van der Waals surface area contributed by atoms with Crippen molar-refractivity contribution in [1.82, 2.24) is 10.1 Å². The number of aromatic nitrogens is 2. The molecule has 0 aliphatic carbocycles. The average Bonchev–Trinajstić information content (AvgIpc) is 2.86. The number of hydrogen-bond donors (Lipinski definition) is 1. The predicted octanol–water partition coefficient (Wildman–Crippen LogP) is 3.08. The van der Waals surface area contributed by atoms with Gasteiger partial charge in [-0.2, -0.15) is 4.98 Å². The molecule has 0 amide bonds. The summed E-state index contributed by atoms with van der Waals surface area (Å²) >= 11 is 0. The molecule has 0 bridgehead atoms. The van der Waals surface area contributed by atoms with Gasteiger partial charge in [0.1, 0.15) is 11.9 Å². The number of rotatable bonds is 4. The van der Waals surface area contributed by atoms with Crippen LogP contribution in [0.3, 0.4) is 0 Å². The maximum absolute atomic E-state index is 12.0. The van der Waals surface area contributed by atoms with E-state index in [1.54, 1.807) is 6.92 Å². The van der Waals surface area contributed by atoms with Gasteiger partial charge < -0.3 is 14.4 Å². The third-order valence-corrected chi connectivity index (χ3v) is 2.46. The molecule has 1 N–H and O–H groups in total. The van der Waals surface area contributed by atoms with E-state index in [-0.39, 0.29) is 17.5 Å². The van der Waals surface area contributed by atoms with Gasteiger partial charge in [-0.3, -0.25) is 0 Å². The van der Waals surface area contributed by atoms with Gasteiger partial charge >= 0.3 is 6.36 Å². The van der Waals surface area contributed by atoms with Gasteiger partial charge in [0.25, 0.3) is 5.89 Å². The Hall–Kier alpha value is -2.09. The summed E-state index contributed by atoms with van der Waals surface area (Å²) in [5.74, 6) is -0.0845. The molecule has 0 radical (unpaired) electrons. The van der Waals surface area contributed by atoms with Gasteiger partial charge in [-0.25, -0.2) is 0 Å². The van der Waals surface area contributed by atoms with E-state index in [4.69, 9.17) is 4.52 Å². The quantitative estimate of drug-likeness (QED) is 0.936. The predicted molar refractivity (Wildman–Crippen MR) is 61.7 cm³/mol. The van der Waals surface area contributed by atoms with Crippen molar-refractivity contribution in [2.45, 2.75) is 25.8 Å². The van der Waals surface area contributed by atoms with E-state index in [1.807, 2.05) is 0 Å². The average molecular weight is 288 g/mol. The molecule has 0 fully saturated rings. The molecular formula is C12H11F3N2O3. The minimum Gasteiger partial charge on any atom is -0.406 e. The molecule has 2 aromatic rings. The number of alkyl halides is 3. The fraction of sp³-hybridized carbons (Fsp3) is 0.333. The second-order valence-corrected chi connectivity index (χ2v) is 3.95. The summed E-state index contributed by atoms with van der Waals surface area (Å²) in [6.45, 7) is 1.75. The Kier molecular flexibility index (Phi) is 3.93. The van der Waals surface area contributed by atoms with E-state index < -0.39 is 12.5 Å². The molecule has 5 nitrogen and oxygen atoms in total. The largest absolute Gasteiger partial charge is 0.573 e. The standard InChI is InChI=1S/C12H11F3N2O3/c1-2-9(18)10-16-11(20-17-10)7-3-5-8(6-4-7)19-12(13,14)15/h3-6,9,18H,2H2,1H3. The van der Waals surface area contributed by atoms with Gasteiger partial charge in [-0.1, -0.05) is 12.1 Å². The molecule has 20 heavy (non-hydrogen) atoms. The van der Waals surface area contributed by atoms with Crippen LogP contribution in [0.15, 0.2) is 28.8 Å². The third kappa shape index (κ3) is 3.47. The van der Waals surface area contributed by atoms with Crippen molar-refractivity contribution in [1.29, 1.82) is 0 Å². The molecule has 0 spiro atoms. The van der Waals surface area contributed by atoms with Crippen LogP contribution in [0.2, 0.25) is 0 Å². The van der Waals surface area contributed by atoms with Crippen LogP contribution in [0.1, 0.15) is 25.3 Å². The summed E-state index contributed by atoms with van der Waals surface area (Å²) in [6.07, 6.45) is -5.14. The maximum atomic E-state index is 12.0. The topological polar surface area (TPSA) is 68.4 Å². The summed E-state index contributed by atoms with van der Waals surface area (Å²) in [4.78, 5) is 3.96. The number of halogens is 3. The highest BCUT2D eigenvalue weighted by atomic mass is 19.4. The van der Waals surface area contributed by atoms with Crippen molar-refractivity contribution in [3.8, 4) is 17.2 Å². The molecule has 1 heterocycles. The molecule has 0 aliphatic heterocycles. The molecule has 108 valence electrons. The van der Waals surface area contributed by atoms with Crippen molar-refractivity contribution in [2.75, 3.05) is 0 Å². The Balaban J connectivity index is 2.15. The Bertz CT molecular complexity index is 566. The lowest BCUT2D eigenvalue weighted by Crippen LogP contribution is -2.16. The minimum absolute atomic E-state index is 0.117. The Labute approximate surface area is 112 Å². The fourth-order valence-corrected chi connectivity index (χ4v) is 1.47. The second-order valence-electron chi connectivity index (χ2n) is 3.95. The van der Waals surface area contributed by atoms with E-state index >= 15 is 0 Å². The lowest BCUT2D eigenvalue weighted by molar-refractivity contribution is -0.274.